The van der Waals surface area contributed by atoms with Crippen molar-refractivity contribution in [2.75, 3.05) is 0 Å². The molecule has 21 heavy (non-hydrogen) atoms. The number of alkyl halides is 1. The van der Waals surface area contributed by atoms with Crippen LogP contribution in [0.3, 0.4) is 0 Å². The SMILES string of the molecule is O=C(O)C1CCCC(C2NOC(C3CCC(F)CC3)N2)C1. The molecule has 3 aliphatic rings. The van der Waals surface area contributed by atoms with Gasteiger partial charge in [0, 0.05) is 5.92 Å². The van der Waals surface area contributed by atoms with Crippen molar-refractivity contribution in [2.45, 2.75) is 69.9 Å². The average Bonchev–Trinajstić information content (AvgIpc) is 2.98. The van der Waals surface area contributed by atoms with Gasteiger partial charge in [-0.3, -0.25) is 14.9 Å². The van der Waals surface area contributed by atoms with Crippen molar-refractivity contribution in [2.24, 2.45) is 17.8 Å². The summed E-state index contributed by atoms with van der Waals surface area (Å²) in [5.41, 5.74) is 3.05. The van der Waals surface area contributed by atoms with E-state index in [1.165, 1.54) is 0 Å². The Balaban J connectivity index is 1.51. The third-order valence-corrected chi connectivity index (χ3v) is 5.33. The first-order chi connectivity index (χ1) is 10.1. The molecule has 0 aromatic heterocycles. The lowest BCUT2D eigenvalue weighted by Gasteiger charge is -2.31. The average molecular weight is 300 g/mol. The van der Waals surface area contributed by atoms with Crippen molar-refractivity contribution >= 4 is 5.97 Å². The maximum absolute atomic E-state index is 13.2. The third kappa shape index (κ3) is 3.55. The van der Waals surface area contributed by atoms with Gasteiger partial charge in [-0.05, 0) is 50.9 Å². The van der Waals surface area contributed by atoms with E-state index in [0.717, 1.165) is 32.1 Å². The summed E-state index contributed by atoms with van der Waals surface area (Å²) in [7, 11) is 0. The van der Waals surface area contributed by atoms with E-state index < -0.39 is 12.1 Å². The molecule has 6 heteroatoms. The number of hydrogen-bond acceptors (Lipinski definition) is 4. The molecule has 0 aromatic rings. The second kappa shape index (κ2) is 6.58. The fraction of sp³-hybridized carbons (Fsp3) is 0.933. The predicted octanol–water partition coefficient (Wildman–Crippen LogP) is 2.18. The van der Waals surface area contributed by atoms with Crippen molar-refractivity contribution in [1.29, 1.82) is 0 Å². The lowest BCUT2D eigenvalue weighted by Crippen LogP contribution is -2.44. The molecule has 0 aromatic carbocycles. The minimum atomic E-state index is -0.684. The third-order valence-electron chi connectivity index (χ3n) is 5.33. The minimum Gasteiger partial charge on any atom is -0.481 e. The Morgan fingerprint density at radius 1 is 1.10 bits per heavy atom. The van der Waals surface area contributed by atoms with Crippen molar-refractivity contribution in [3.05, 3.63) is 0 Å². The smallest absolute Gasteiger partial charge is 0.306 e. The van der Waals surface area contributed by atoms with Crippen molar-refractivity contribution in [3.8, 4) is 0 Å². The van der Waals surface area contributed by atoms with E-state index >= 15 is 0 Å². The van der Waals surface area contributed by atoms with Crippen LogP contribution in [0, 0.1) is 17.8 Å². The van der Waals surface area contributed by atoms with Crippen LogP contribution in [0.5, 0.6) is 0 Å². The molecule has 2 aliphatic carbocycles. The molecule has 2 saturated carbocycles. The van der Waals surface area contributed by atoms with E-state index in [1.807, 2.05) is 0 Å². The lowest BCUT2D eigenvalue weighted by molar-refractivity contribution is -0.143. The number of nitrogens with one attached hydrogen (secondary N) is 2. The Bertz CT molecular complexity index is 374. The summed E-state index contributed by atoms with van der Waals surface area (Å²) in [6.07, 6.45) is 5.75. The van der Waals surface area contributed by atoms with E-state index in [0.29, 0.717) is 31.1 Å². The van der Waals surface area contributed by atoms with E-state index in [-0.39, 0.29) is 18.3 Å². The Labute approximate surface area is 124 Å². The largest absolute Gasteiger partial charge is 0.481 e. The van der Waals surface area contributed by atoms with Gasteiger partial charge < -0.3 is 5.11 Å². The van der Waals surface area contributed by atoms with Crippen LogP contribution in [0.25, 0.3) is 0 Å². The van der Waals surface area contributed by atoms with Gasteiger partial charge in [-0.25, -0.2) is 4.39 Å². The van der Waals surface area contributed by atoms with Crippen molar-refractivity contribution < 1.29 is 19.1 Å². The summed E-state index contributed by atoms with van der Waals surface area (Å²) in [6, 6.07) is 0. The monoisotopic (exact) mass is 300 g/mol. The van der Waals surface area contributed by atoms with Crippen molar-refractivity contribution in [1.82, 2.24) is 10.8 Å². The highest BCUT2D eigenvalue weighted by atomic mass is 19.1. The number of carboxylic acids is 1. The highest BCUT2D eigenvalue weighted by Gasteiger charge is 2.39. The first kappa shape index (κ1) is 15.2. The molecule has 5 nitrogen and oxygen atoms in total. The zero-order valence-electron chi connectivity index (χ0n) is 12.3. The van der Waals surface area contributed by atoms with Crippen LogP contribution in [0.2, 0.25) is 0 Å². The number of rotatable bonds is 3. The summed E-state index contributed by atoms with van der Waals surface area (Å²) in [4.78, 5) is 16.8. The molecule has 1 saturated heterocycles. The molecular weight excluding hydrogens is 275 g/mol. The van der Waals surface area contributed by atoms with Crippen LogP contribution >= 0.6 is 0 Å². The number of halogens is 1. The maximum atomic E-state index is 13.2. The van der Waals surface area contributed by atoms with Gasteiger partial charge in [0.25, 0.3) is 0 Å². The number of hydroxylamine groups is 1. The first-order valence-corrected chi connectivity index (χ1v) is 8.17. The standard InChI is InChI=1S/C15H25FN2O3/c16-12-6-4-9(5-7-12)14-17-13(18-21-14)10-2-1-3-11(8-10)15(19)20/h9-14,17-18H,1-8H2,(H,19,20). The summed E-state index contributed by atoms with van der Waals surface area (Å²) < 4.78 is 13.2. The normalized spacial score (nSPS) is 44.6. The molecule has 1 heterocycles. The van der Waals surface area contributed by atoms with Gasteiger partial charge in [0.05, 0.1) is 12.1 Å². The molecule has 0 amide bonds. The molecule has 3 N–H and O–H groups in total. The van der Waals surface area contributed by atoms with Crippen LogP contribution in [0.4, 0.5) is 4.39 Å². The van der Waals surface area contributed by atoms with E-state index in [1.54, 1.807) is 0 Å². The Morgan fingerprint density at radius 3 is 2.57 bits per heavy atom. The summed E-state index contributed by atoms with van der Waals surface area (Å²) in [5.74, 6) is -0.263. The second-order valence-electron chi connectivity index (χ2n) is 6.77. The molecular formula is C15H25FN2O3. The summed E-state index contributed by atoms with van der Waals surface area (Å²) in [5, 5.41) is 12.6. The molecule has 0 spiro atoms. The second-order valence-corrected chi connectivity index (χ2v) is 6.77. The van der Waals surface area contributed by atoms with Crippen molar-refractivity contribution in [3.63, 3.8) is 0 Å². The number of carbonyl (C=O) groups is 1. The molecule has 4 atom stereocenters. The number of carboxylic acid groups (broad SMARTS) is 1. The molecule has 4 unspecified atom stereocenters. The fourth-order valence-corrected chi connectivity index (χ4v) is 3.99. The summed E-state index contributed by atoms with van der Waals surface area (Å²) in [6.45, 7) is 0. The molecule has 1 aliphatic heterocycles. The molecule has 0 radical (unpaired) electrons. The van der Waals surface area contributed by atoms with E-state index in [4.69, 9.17) is 4.84 Å². The highest BCUT2D eigenvalue weighted by Crippen LogP contribution is 2.34. The fourth-order valence-electron chi connectivity index (χ4n) is 3.99. The predicted molar refractivity (Wildman–Crippen MR) is 74.9 cm³/mol. The molecule has 0 bridgehead atoms. The van der Waals surface area contributed by atoms with Gasteiger partial charge >= 0.3 is 5.97 Å². The Hall–Kier alpha value is -0.720. The van der Waals surface area contributed by atoms with Gasteiger partial charge in [-0.1, -0.05) is 6.42 Å². The topological polar surface area (TPSA) is 70.6 Å². The maximum Gasteiger partial charge on any atom is 0.306 e. The van der Waals surface area contributed by atoms with Crippen LogP contribution in [0.1, 0.15) is 51.4 Å². The van der Waals surface area contributed by atoms with Crippen LogP contribution in [-0.4, -0.2) is 29.6 Å². The highest BCUT2D eigenvalue weighted by molar-refractivity contribution is 5.70. The van der Waals surface area contributed by atoms with Gasteiger partial charge in [0.1, 0.15) is 12.4 Å². The van der Waals surface area contributed by atoms with E-state index in [9.17, 15) is 14.3 Å². The van der Waals surface area contributed by atoms with Crippen LogP contribution < -0.4 is 10.8 Å². The molecule has 120 valence electrons. The number of aliphatic carboxylic acids is 1. The lowest BCUT2D eigenvalue weighted by atomic mass is 9.80. The zero-order valence-corrected chi connectivity index (χ0v) is 12.3. The molecule has 3 rings (SSSR count). The summed E-state index contributed by atoms with van der Waals surface area (Å²) >= 11 is 0. The first-order valence-electron chi connectivity index (χ1n) is 8.17. The minimum absolute atomic E-state index is 0.0280. The zero-order chi connectivity index (χ0) is 14.8. The molecule has 3 fully saturated rings. The van der Waals surface area contributed by atoms with Gasteiger partial charge in [0.2, 0.25) is 0 Å². The van der Waals surface area contributed by atoms with Gasteiger partial charge in [0.15, 0.2) is 0 Å². The van der Waals surface area contributed by atoms with Crippen LogP contribution in [0.15, 0.2) is 0 Å². The van der Waals surface area contributed by atoms with E-state index in [2.05, 4.69) is 10.8 Å². The van der Waals surface area contributed by atoms with Crippen LogP contribution in [-0.2, 0) is 9.63 Å². The quantitative estimate of drug-likeness (QED) is 0.745. The van der Waals surface area contributed by atoms with Gasteiger partial charge in [-0.15, -0.1) is 0 Å². The number of hydrogen-bond donors (Lipinski definition) is 3. The van der Waals surface area contributed by atoms with Gasteiger partial charge in [-0.2, -0.15) is 5.48 Å². The Kier molecular flexibility index (Phi) is 4.76. The Morgan fingerprint density at radius 2 is 1.86 bits per heavy atom.